The zero-order chi connectivity index (χ0) is 31.9. The summed E-state index contributed by atoms with van der Waals surface area (Å²) in [5.41, 5.74) is 6.78. The van der Waals surface area contributed by atoms with Crippen LogP contribution in [0.15, 0.2) is 109 Å². The molecule has 46 heavy (non-hydrogen) atoms. The Bertz CT molecular complexity index is 2220. The monoisotopic (exact) mass is 757 g/mol. The highest BCUT2D eigenvalue weighted by atomic mass is 79.9. The zero-order valence-corrected chi connectivity index (χ0v) is 28.4. The van der Waals surface area contributed by atoms with E-state index in [1.54, 1.807) is 19.2 Å². The first-order valence-corrected chi connectivity index (χ1v) is 16.8. The number of non-ortho nitro benzene ring substituents is 1. The number of benzene rings is 4. The third kappa shape index (κ3) is 5.63. The molecule has 1 aliphatic carbocycles. The number of thiazole rings is 1. The summed E-state index contributed by atoms with van der Waals surface area (Å²) >= 11 is 8.55. The second kappa shape index (κ2) is 12.5. The van der Waals surface area contributed by atoms with Crippen molar-refractivity contribution in [2.24, 2.45) is 4.99 Å². The Hall–Kier alpha value is -4.32. The molecule has 1 aromatic heterocycles. The molecular weight excluding hydrogens is 734 g/mol. The molecule has 5 aromatic rings. The van der Waals surface area contributed by atoms with Crippen molar-refractivity contribution in [3.05, 3.63) is 157 Å². The Labute approximate surface area is 284 Å². The highest BCUT2D eigenvalue weighted by Crippen LogP contribution is 2.41. The van der Waals surface area contributed by atoms with Gasteiger partial charge in [-0.3, -0.25) is 19.5 Å². The summed E-state index contributed by atoms with van der Waals surface area (Å²) in [6.07, 6.45) is 3.52. The van der Waals surface area contributed by atoms with Crippen molar-refractivity contribution >= 4 is 60.7 Å². The number of nitrogens with zero attached hydrogens (tertiary/aromatic N) is 3. The van der Waals surface area contributed by atoms with Gasteiger partial charge in [0, 0.05) is 27.7 Å². The lowest BCUT2D eigenvalue weighted by Crippen LogP contribution is -2.38. The first kappa shape index (κ1) is 30.3. The highest BCUT2D eigenvalue weighted by Gasteiger charge is 2.32. The summed E-state index contributed by atoms with van der Waals surface area (Å²) in [6.45, 7) is 0.184. The van der Waals surface area contributed by atoms with Crippen LogP contribution in [0, 0.1) is 10.1 Å². The number of nitro benzene ring substituents is 1. The number of rotatable bonds is 7. The molecule has 230 valence electrons. The molecule has 11 heteroatoms. The van der Waals surface area contributed by atoms with Gasteiger partial charge in [-0.15, -0.1) is 0 Å². The van der Waals surface area contributed by atoms with Gasteiger partial charge in [-0.05, 0) is 93.5 Å². The van der Waals surface area contributed by atoms with Gasteiger partial charge in [0.2, 0.25) is 0 Å². The molecule has 0 spiro atoms. The van der Waals surface area contributed by atoms with E-state index in [1.807, 2.05) is 53.1 Å². The van der Waals surface area contributed by atoms with Crippen LogP contribution in [0.3, 0.4) is 0 Å². The minimum absolute atomic E-state index is 0.0164. The fourth-order valence-electron chi connectivity index (χ4n) is 5.96. The summed E-state index contributed by atoms with van der Waals surface area (Å²) in [4.78, 5) is 30.7. The Balaban J connectivity index is 1.35. The fourth-order valence-corrected chi connectivity index (χ4v) is 8.32. The van der Waals surface area contributed by atoms with Crippen molar-refractivity contribution in [1.82, 2.24) is 4.57 Å². The number of methoxy groups -OCH3 is 1. The molecule has 1 aliphatic heterocycles. The number of ether oxygens (including phenoxy) is 2. The number of fused-ring (bicyclic) bond motifs is 3. The SMILES string of the molecule is COc1ccc([C@H]2C3=C(N=c4s/c(=C/c5cc(Br)cc(Br)c5OCc5ccc([N+](=O)[O-])cc5)c(=O)n42)c2ccccc2CC3)cc1. The Morgan fingerprint density at radius 2 is 1.80 bits per heavy atom. The van der Waals surface area contributed by atoms with Crippen LogP contribution in [0.2, 0.25) is 0 Å². The third-order valence-electron chi connectivity index (χ3n) is 8.16. The molecule has 8 nitrogen and oxygen atoms in total. The lowest BCUT2D eigenvalue weighted by Gasteiger charge is -2.30. The van der Waals surface area contributed by atoms with E-state index in [1.165, 1.54) is 29.0 Å². The molecule has 1 atom stereocenters. The van der Waals surface area contributed by atoms with Crippen molar-refractivity contribution in [3.63, 3.8) is 0 Å². The molecule has 0 fully saturated rings. The standard InChI is InChI=1S/C35H25Br2N3O5S/c1-44-26-13-8-22(9-14-26)32-28-15-10-21-4-2-3-5-27(21)31(28)38-35-39(32)34(41)30(46-35)17-23-16-24(36)18-29(37)33(23)45-19-20-6-11-25(12-7-20)40(42)43/h2-9,11-14,16-18,32H,10,15,19H2,1H3/b30-17+/t32-/m0/s1. The number of hydrogen-bond acceptors (Lipinski definition) is 7. The van der Waals surface area contributed by atoms with Gasteiger partial charge in [0.25, 0.3) is 11.2 Å². The first-order valence-electron chi connectivity index (χ1n) is 14.4. The average molecular weight is 759 g/mol. The third-order valence-corrected chi connectivity index (χ3v) is 10.2. The van der Waals surface area contributed by atoms with Crippen molar-refractivity contribution in [2.45, 2.75) is 25.5 Å². The Kier molecular flexibility index (Phi) is 8.22. The number of allylic oxidation sites excluding steroid dienone is 1. The minimum atomic E-state index is -0.432. The van der Waals surface area contributed by atoms with E-state index < -0.39 is 4.92 Å². The van der Waals surface area contributed by atoms with Crippen LogP contribution < -0.4 is 24.4 Å². The van der Waals surface area contributed by atoms with E-state index in [0.29, 0.717) is 25.1 Å². The molecule has 7 rings (SSSR count). The van der Waals surface area contributed by atoms with Crippen LogP contribution >= 0.6 is 43.2 Å². The summed E-state index contributed by atoms with van der Waals surface area (Å²) in [7, 11) is 1.64. The number of hydrogen-bond donors (Lipinski definition) is 0. The quantitative estimate of drug-likeness (QED) is 0.128. The van der Waals surface area contributed by atoms with Gasteiger partial charge in [-0.25, -0.2) is 4.99 Å². The van der Waals surface area contributed by atoms with E-state index >= 15 is 0 Å². The number of halogens is 2. The van der Waals surface area contributed by atoms with Gasteiger partial charge in [0.05, 0.1) is 32.8 Å². The van der Waals surface area contributed by atoms with Gasteiger partial charge < -0.3 is 9.47 Å². The summed E-state index contributed by atoms with van der Waals surface area (Å²) < 4.78 is 15.5. The van der Waals surface area contributed by atoms with Gasteiger partial charge >= 0.3 is 0 Å². The van der Waals surface area contributed by atoms with Crippen LogP contribution in [0.25, 0.3) is 11.8 Å². The molecular formula is C35H25Br2N3O5S. The number of nitro groups is 1. The highest BCUT2D eigenvalue weighted by molar-refractivity contribution is 9.11. The predicted octanol–water partition coefficient (Wildman–Crippen LogP) is 7.34. The van der Waals surface area contributed by atoms with Crippen LogP contribution in [-0.4, -0.2) is 16.6 Å². The molecule has 0 N–H and O–H groups in total. The van der Waals surface area contributed by atoms with Gasteiger partial charge in [-0.1, -0.05) is 63.7 Å². The second-order valence-corrected chi connectivity index (χ2v) is 13.7. The molecule has 0 amide bonds. The topological polar surface area (TPSA) is 96.0 Å². The summed E-state index contributed by atoms with van der Waals surface area (Å²) in [5.74, 6) is 1.30. The van der Waals surface area contributed by atoms with Crippen molar-refractivity contribution in [2.75, 3.05) is 7.11 Å². The van der Waals surface area contributed by atoms with Gasteiger partial charge in [0.1, 0.15) is 18.1 Å². The number of aryl methyl sites for hydroxylation is 1. The average Bonchev–Trinajstić information content (AvgIpc) is 3.37. The van der Waals surface area contributed by atoms with Gasteiger partial charge in [-0.2, -0.15) is 0 Å². The lowest BCUT2D eigenvalue weighted by atomic mass is 9.83. The van der Waals surface area contributed by atoms with E-state index in [9.17, 15) is 14.9 Å². The van der Waals surface area contributed by atoms with Crippen molar-refractivity contribution in [3.8, 4) is 11.5 Å². The maximum Gasteiger partial charge on any atom is 0.271 e. The zero-order valence-electron chi connectivity index (χ0n) is 24.4. The molecule has 2 heterocycles. The molecule has 0 saturated carbocycles. The summed E-state index contributed by atoms with van der Waals surface area (Å²) in [6, 6.07) is 26.0. The van der Waals surface area contributed by atoms with Gasteiger partial charge in [0.15, 0.2) is 4.80 Å². The maximum atomic E-state index is 14.3. The fraction of sp³-hybridized carbons (Fsp3) is 0.143. The largest absolute Gasteiger partial charge is 0.497 e. The van der Waals surface area contributed by atoms with Crippen LogP contribution in [0.1, 0.15) is 40.3 Å². The first-order chi connectivity index (χ1) is 22.3. The molecule has 0 unspecified atom stereocenters. The Morgan fingerprint density at radius 1 is 1.04 bits per heavy atom. The smallest absolute Gasteiger partial charge is 0.271 e. The second-order valence-electron chi connectivity index (χ2n) is 10.9. The van der Waals surface area contributed by atoms with E-state index in [2.05, 4.69) is 50.1 Å². The predicted molar refractivity (Wildman–Crippen MR) is 185 cm³/mol. The molecule has 2 aliphatic rings. The number of aromatic nitrogens is 1. The summed E-state index contributed by atoms with van der Waals surface area (Å²) in [5, 5.41) is 11.1. The van der Waals surface area contributed by atoms with E-state index in [-0.39, 0.29) is 23.9 Å². The van der Waals surface area contributed by atoms with Crippen LogP contribution in [0.5, 0.6) is 11.5 Å². The van der Waals surface area contributed by atoms with E-state index in [0.717, 1.165) is 51.0 Å². The minimum Gasteiger partial charge on any atom is -0.497 e. The maximum absolute atomic E-state index is 14.3. The molecule has 4 aromatic carbocycles. The van der Waals surface area contributed by atoms with Crippen molar-refractivity contribution < 1.29 is 14.4 Å². The Morgan fingerprint density at radius 3 is 2.54 bits per heavy atom. The normalized spacial score (nSPS) is 15.5. The van der Waals surface area contributed by atoms with Crippen LogP contribution in [-0.2, 0) is 13.0 Å². The van der Waals surface area contributed by atoms with Crippen LogP contribution in [0.4, 0.5) is 5.69 Å². The van der Waals surface area contributed by atoms with E-state index in [4.69, 9.17) is 14.5 Å². The van der Waals surface area contributed by atoms with Crippen molar-refractivity contribution in [1.29, 1.82) is 0 Å². The molecule has 0 saturated heterocycles. The molecule has 0 radical (unpaired) electrons. The lowest BCUT2D eigenvalue weighted by molar-refractivity contribution is -0.384. The molecule has 0 bridgehead atoms.